The normalized spacial score (nSPS) is 12.4. The van der Waals surface area contributed by atoms with Crippen molar-refractivity contribution in [2.45, 2.75) is 46.1 Å². The molecule has 0 heterocycles. The van der Waals surface area contributed by atoms with Crippen LogP contribution in [0, 0.1) is 5.82 Å². The molecule has 108 valence electrons. The van der Waals surface area contributed by atoms with Gasteiger partial charge in [-0.25, -0.2) is 4.39 Å². The SMILES string of the molecule is CCNC(C)CCCCN(CC)c1ccccc1F. The molecule has 0 aromatic heterocycles. The monoisotopic (exact) mass is 266 g/mol. The van der Waals surface area contributed by atoms with Crippen molar-refractivity contribution in [3.05, 3.63) is 30.1 Å². The van der Waals surface area contributed by atoms with E-state index < -0.39 is 0 Å². The number of anilines is 1. The molecule has 1 unspecified atom stereocenters. The van der Waals surface area contributed by atoms with Crippen LogP contribution in [0.2, 0.25) is 0 Å². The Kier molecular flexibility index (Phi) is 7.49. The Morgan fingerprint density at radius 3 is 2.58 bits per heavy atom. The molecule has 1 rings (SSSR count). The fraction of sp³-hybridized carbons (Fsp3) is 0.625. The molecule has 0 fully saturated rings. The lowest BCUT2D eigenvalue weighted by Crippen LogP contribution is -2.27. The zero-order valence-corrected chi connectivity index (χ0v) is 12.5. The number of halogens is 1. The first-order valence-electron chi connectivity index (χ1n) is 7.41. The zero-order chi connectivity index (χ0) is 14.1. The van der Waals surface area contributed by atoms with E-state index >= 15 is 0 Å². The first-order chi connectivity index (χ1) is 9.19. The van der Waals surface area contributed by atoms with Crippen LogP contribution >= 0.6 is 0 Å². The molecular formula is C16H27FN2. The van der Waals surface area contributed by atoms with E-state index in [0.717, 1.165) is 31.7 Å². The molecule has 0 saturated carbocycles. The average molecular weight is 266 g/mol. The molecule has 1 aromatic carbocycles. The van der Waals surface area contributed by atoms with Crippen LogP contribution in [-0.4, -0.2) is 25.7 Å². The smallest absolute Gasteiger partial charge is 0.146 e. The number of hydrogen-bond donors (Lipinski definition) is 1. The molecule has 0 spiro atoms. The van der Waals surface area contributed by atoms with Gasteiger partial charge in [-0.05, 0) is 45.4 Å². The Hall–Kier alpha value is -1.09. The summed E-state index contributed by atoms with van der Waals surface area (Å²) in [4.78, 5) is 2.12. The van der Waals surface area contributed by atoms with Crippen LogP contribution in [0.15, 0.2) is 24.3 Å². The van der Waals surface area contributed by atoms with Gasteiger partial charge < -0.3 is 10.2 Å². The Labute approximate surface area is 117 Å². The van der Waals surface area contributed by atoms with E-state index in [-0.39, 0.29) is 5.82 Å². The molecule has 1 atom stereocenters. The minimum Gasteiger partial charge on any atom is -0.369 e. The summed E-state index contributed by atoms with van der Waals surface area (Å²) in [5, 5.41) is 3.41. The van der Waals surface area contributed by atoms with E-state index in [9.17, 15) is 4.39 Å². The quantitative estimate of drug-likeness (QED) is 0.684. The molecule has 0 bridgehead atoms. The fourth-order valence-corrected chi connectivity index (χ4v) is 2.36. The summed E-state index contributed by atoms with van der Waals surface area (Å²) in [5.74, 6) is -0.120. The topological polar surface area (TPSA) is 15.3 Å². The lowest BCUT2D eigenvalue weighted by molar-refractivity contribution is 0.500. The summed E-state index contributed by atoms with van der Waals surface area (Å²) in [6.45, 7) is 9.23. The van der Waals surface area contributed by atoms with Crippen LogP contribution in [0.3, 0.4) is 0 Å². The molecule has 0 aliphatic carbocycles. The van der Waals surface area contributed by atoms with Crippen LogP contribution in [0.25, 0.3) is 0 Å². The largest absolute Gasteiger partial charge is 0.369 e. The minimum atomic E-state index is -0.120. The Bertz CT molecular complexity index is 354. The maximum atomic E-state index is 13.7. The molecule has 19 heavy (non-hydrogen) atoms. The summed E-state index contributed by atoms with van der Waals surface area (Å²) in [6, 6.07) is 7.61. The first kappa shape index (κ1) is 16.0. The molecule has 0 amide bonds. The van der Waals surface area contributed by atoms with E-state index in [1.54, 1.807) is 6.07 Å². The van der Waals surface area contributed by atoms with Gasteiger partial charge in [0, 0.05) is 19.1 Å². The fourth-order valence-electron chi connectivity index (χ4n) is 2.36. The molecule has 2 nitrogen and oxygen atoms in total. The van der Waals surface area contributed by atoms with Gasteiger partial charge in [-0.2, -0.15) is 0 Å². The number of nitrogens with one attached hydrogen (secondary N) is 1. The highest BCUT2D eigenvalue weighted by atomic mass is 19.1. The van der Waals surface area contributed by atoms with Crippen molar-refractivity contribution in [1.29, 1.82) is 0 Å². The van der Waals surface area contributed by atoms with Gasteiger partial charge in [0.25, 0.3) is 0 Å². The van der Waals surface area contributed by atoms with Gasteiger partial charge in [-0.3, -0.25) is 0 Å². The number of nitrogens with zero attached hydrogens (tertiary/aromatic N) is 1. The average Bonchev–Trinajstić information content (AvgIpc) is 2.40. The van der Waals surface area contributed by atoms with Gasteiger partial charge in [0.1, 0.15) is 5.82 Å². The number of unbranched alkanes of at least 4 members (excludes halogenated alkanes) is 1. The minimum absolute atomic E-state index is 0.120. The lowest BCUT2D eigenvalue weighted by Gasteiger charge is -2.23. The molecule has 0 aliphatic heterocycles. The van der Waals surface area contributed by atoms with E-state index in [0.29, 0.717) is 6.04 Å². The second-order valence-corrected chi connectivity index (χ2v) is 4.99. The lowest BCUT2D eigenvalue weighted by atomic mass is 10.1. The third-order valence-electron chi connectivity index (χ3n) is 3.44. The van der Waals surface area contributed by atoms with Crippen molar-refractivity contribution >= 4 is 5.69 Å². The second kappa shape index (κ2) is 8.92. The standard InChI is InChI=1S/C16H27FN2/c1-4-18-14(3)10-8-9-13-19(5-2)16-12-7-6-11-15(16)17/h6-7,11-12,14,18H,4-5,8-10,13H2,1-3H3. The van der Waals surface area contributed by atoms with Gasteiger partial charge in [0.15, 0.2) is 0 Å². The molecular weight excluding hydrogens is 239 g/mol. The highest BCUT2D eigenvalue weighted by Gasteiger charge is 2.08. The van der Waals surface area contributed by atoms with E-state index in [1.165, 1.54) is 18.9 Å². The summed E-state index contributed by atoms with van der Waals surface area (Å²) < 4.78 is 13.7. The molecule has 0 saturated heterocycles. The van der Waals surface area contributed by atoms with E-state index in [2.05, 4.69) is 31.0 Å². The number of hydrogen-bond acceptors (Lipinski definition) is 2. The third-order valence-corrected chi connectivity index (χ3v) is 3.44. The van der Waals surface area contributed by atoms with Crippen LogP contribution < -0.4 is 10.2 Å². The maximum Gasteiger partial charge on any atom is 0.146 e. The Morgan fingerprint density at radius 1 is 1.21 bits per heavy atom. The predicted molar refractivity (Wildman–Crippen MR) is 81.3 cm³/mol. The van der Waals surface area contributed by atoms with Crippen molar-refractivity contribution in [3.63, 3.8) is 0 Å². The van der Waals surface area contributed by atoms with Crippen molar-refractivity contribution in [2.75, 3.05) is 24.5 Å². The summed E-state index contributed by atoms with van der Waals surface area (Å²) in [7, 11) is 0. The summed E-state index contributed by atoms with van der Waals surface area (Å²) in [5.41, 5.74) is 0.727. The van der Waals surface area contributed by atoms with Gasteiger partial charge >= 0.3 is 0 Å². The van der Waals surface area contributed by atoms with Gasteiger partial charge in [-0.1, -0.05) is 25.5 Å². The molecule has 0 radical (unpaired) electrons. The van der Waals surface area contributed by atoms with Crippen LogP contribution in [-0.2, 0) is 0 Å². The van der Waals surface area contributed by atoms with Gasteiger partial charge in [-0.15, -0.1) is 0 Å². The third kappa shape index (κ3) is 5.60. The number of rotatable bonds is 9. The van der Waals surface area contributed by atoms with E-state index in [4.69, 9.17) is 0 Å². The van der Waals surface area contributed by atoms with Gasteiger partial charge in [0.05, 0.1) is 5.69 Å². The maximum absolute atomic E-state index is 13.7. The number of benzene rings is 1. The second-order valence-electron chi connectivity index (χ2n) is 4.99. The molecule has 1 aromatic rings. The predicted octanol–water partition coefficient (Wildman–Crippen LogP) is 3.82. The Balaban J connectivity index is 2.36. The van der Waals surface area contributed by atoms with E-state index in [1.807, 2.05) is 12.1 Å². The van der Waals surface area contributed by atoms with Gasteiger partial charge in [0.2, 0.25) is 0 Å². The van der Waals surface area contributed by atoms with Crippen molar-refractivity contribution in [2.24, 2.45) is 0 Å². The highest BCUT2D eigenvalue weighted by molar-refractivity contribution is 5.47. The number of para-hydroxylation sites is 1. The molecule has 3 heteroatoms. The van der Waals surface area contributed by atoms with Crippen LogP contribution in [0.4, 0.5) is 10.1 Å². The van der Waals surface area contributed by atoms with Crippen LogP contribution in [0.5, 0.6) is 0 Å². The zero-order valence-electron chi connectivity index (χ0n) is 12.5. The summed E-state index contributed by atoms with van der Waals surface area (Å²) >= 11 is 0. The first-order valence-corrected chi connectivity index (χ1v) is 7.41. The van der Waals surface area contributed by atoms with Crippen molar-refractivity contribution in [3.8, 4) is 0 Å². The Morgan fingerprint density at radius 2 is 1.95 bits per heavy atom. The molecule has 1 N–H and O–H groups in total. The van der Waals surface area contributed by atoms with Crippen molar-refractivity contribution < 1.29 is 4.39 Å². The summed E-state index contributed by atoms with van der Waals surface area (Å²) in [6.07, 6.45) is 3.47. The van der Waals surface area contributed by atoms with Crippen LogP contribution in [0.1, 0.15) is 40.0 Å². The molecule has 0 aliphatic rings. The van der Waals surface area contributed by atoms with Crippen molar-refractivity contribution in [1.82, 2.24) is 5.32 Å². The highest BCUT2D eigenvalue weighted by Crippen LogP contribution is 2.19.